The fraction of sp³-hybridized carbons (Fsp3) is 0.615. The number of Topliss-reactive ketones (excluding diaryl/α,β-unsaturated/α-hetero) is 1. The van der Waals surface area contributed by atoms with E-state index in [4.69, 9.17) is 4.74 Å². The lowest BCUT2D eigenvalue weighted by Crippen LogP contribution is -2.17. The molecule has 2 rings (SSSR count). The molecule has 0 aliphatic heterocycles. The van der Waals surface area contributed by atoms with Crippen LogP contribution in [0.2, 0.25) is 0 Å². The molecular weight excluding hydrogens is 376 g/mol. The van der Waals surface area contributed by atoms with Crippen molar-refractivity contribution in [2.45, 2.75) is 90.3 Å². The van der Waals surface area contributed by atoms with Gasteiger partial charge in [-0.05, 0) is 76.7 Å². The summed E-state index contributed by atoms with van der Waals surface area (Å²) in [6.45, 7) is 3.71. The zero-order valence-corrected chi connectivity index (χ0v) is 18.6. The maximum absolute atomic E-state index is 12.3. The van der Waals surface area contributed by atoms with E-state index in [0.29, 0.717) is 24.5 Å². The van der Waals surface area contributed by atoms with Crippen LogP contribution < -0.4 is 0 Å². The van der Waals surface area contributed by atoms with Gasteiger partial charge in [0.15, 0.2) is 0 Å². The van der Waals surface area contributed by atoms with Crippen molar-refractivity contribution in [2.75, 3.05) is 0 Å². The largest absolute Gasteiger partial charge is 0.463 e. The lowest BCUT2D eigenvalue weighted by atomic mass is 9.87. The van der Waals surface area contributed by atoms with Crippen molar-refractivity contribution in [1.29, 1.82) is 0 Å². The Balaban J connectivity index is 1.65. The topological polar surface area (TPSA) is 63.6 Å². The number of allylic oxidation sites excluding steroid dienone is 2. The third-order valence-electron chi connectivity index (χ3n) is 5.90. The number of aliphatic hydroxyl groups is 1. The van der Waals surface area contributed by atoms with Crippen LogP contribution in [0.25, 0.3) is 0 Å². The van der Waals surface area contributed by atoms with Crippen LogP contribution in [-0.4, -0.2) is 29.1 Å². The molecule has 4 nitrogen and oxygen atoms in total. The summed E-state index contributed by atoms with van der Waals surface area (Å²) in [6.07, 6.45) is 11.6. The van der Waals surface area contributed by atoms with Gasteiger partial charge in [-0.15, -0.1) is 0 Å². The third kappa shape index (κ3) is 9.25. The Kier molecular flexibility index (Phi) is 10.9. The molecule has 1 aromatic rings. The molecule has 1 aliphatic carbocycles. The molecule has 3 atom stereocenters. The van der Waals surface area contributed by atoms with Crippen molar-refractivity contribution in [3.8, 4) is 0 Å². The molecule has 4 heteroatoms. The van der Waals surface area contributed by atoms with E-state index < -0.39 is 0 Å². The molecule has 0 radical (unpaired) electrons. The SMILES string of the molecule is CC(C)OC(=O)CCC/C=C\C[C@H]1C(=O)CC[C@@H]1CC[C@@H](O)CCc1ccccc1. The van der Waals surface area contributed by atoms with E-state index in [-0.39, 0.29) is 24.1 Å². The molecule has 1 aromatic carbocycles. The average molecular weight is 415 g/mol. The number of benzene rings is 1. The second-order valence-electron chi connectivity index (χ2n) is 8.76. The first-order valence-electron chi connectivity index (χ1n) is 11.5. The van der Waals surface area contributed by atoms with Gasteiger partial charge in [-0.3, -0.25) is 9.59 Å². The zero-order valence-electron chi connectivity index (χ0n) is 18.6. The first-order chi connectivity index (χ1) is 14.5. The van der Waals surface area contributed by atoms with E-state index in [2.05, 4.69) is 24.3 Å². The van der Waals surface area contributed by atoms with Gasteiger partial charge in [0.05, 0.1) is 12.2 Å². The predicted molar refractivity (Wildman–Crippen MR) is 120 cm³/mol. The van der Waals surface area contributed by atoms with Gasteiger partial charge in [-0.25, -0.2) is 0 Å². The van der Waals surface area contributed by atoms with Crippen LogP contribution in [0.3, 0.4) is 0 Å². The van der Waals surface area contributed by atoms with Crippen molar-refractivity contribution >= 4 is 11.8 Å². The highest BCUT2D eigenvalue weighted by Crippen LogP contribution is 2.35. The number of aryl methyl sites for hydroxylation is 1. The second kappa shape index (κ2) is 13.4. The molecule has 0 aromatic heterocycles. The Labute approximate surface area is 181 Å². The summed E-state index contributed by atoms with van der Waals surface area (Å²) < 4.78 is 5.13. The fourth-order valence-electron chi connectivity index (χ4n) is 4.22. The number of esters is 1. The molecule has 0 amide bonds. The Morgan fingerprint density at radius 2 is 1.97 bits per heavy atom. The second-order valence-corrected chi connectivity index (χ2v) is 8.76. The summed E-state index contributed by atoms with van der Waals surface area (Å²) in [5, 5.41) is 10.4. The van der Waals surface area contributed by atoms with Crippen molar-refractivity contribution in [3.63, 3.8) is 0 Å². The molecule has 1 fully saturated rings. The number of hydrogen-bond acceptors (Lipinski definition) is 4. The number of aliphatic hydroxyl groups excluding tert-OH is 1. The van der Waals surface area contributed by atoms with Gasteiger partial charge >= 0.3 is 5.97 Å². The maximum Gasteiger partial charge on any atom is 0.306 e. The minimum Gasteiger partial charge on any atom is -0.463 e. The molecule has 0 heterocycles. The fourth-order valence-corrected chi connectivity index (χ4v) is 4.22. The highest BCUT2D eigenvalue weighted by atomic mass is 16.5. The van der Waals surface area contributed by atoms with Crippen LogP contribution in [0, 0.1) is 11.8 Å². The summed E-state index contributed by atoms with van der Waals surface area (Å²) in [4.78, 5) is 23.8. The minimum atomic E-state index is -0.303. The lowest BCUT2D eigenvalue weighted by molar-refractivity contribution is -0.147. The van der Waals surface area contributed by atoms with E-state index in [1.54, 1.807) is 0 Å². The van der Waals surface area contributed by atoms with E-state index in [9.17, 15) is 14.7 Å². The van der Waals surface area contributed by atoms with Crippen LogP contribution in [-0.2, 0) is 20.7 Å². The van der Waals surface area contributed by atoms with Gasteiger partial charge in [0.25, 0.3) is 0 Å². The van der Waals surface area contributed by atoms with E-state index in [0.717, 1.165) is 51.4 Å². The molecule has 1 N–H and O–H groups in total. The highest BCUT2D eigenvalue weighted by molar-refractivity contribution is 5.83. The van der Waals surface area contributed by atoms with Crippen LogP contribution in [0.5, 0.6) is 0 Å². The van der Waals surface area contributed by atoms with Crippen LogP contribution in [0.15, 0.2) is 42.5 Å². The van der Waals surface area contributed by atoms with Gasteiger partial charge in [0.1, 0.15) is 5.78 Å². The predicted octanol–water partition coefficient (Wildman–Crippen LogP) is 5.42. The van der Waals surface area contributed by atoms with Gasteiger partial charge in [-0.2, -0.15) is 0 Å². The van der Waals surface area contributed by atoms with Crippen LogP contribution in [0.1, 0.15) is 77.2 Å². The minimum absolute atomic E-state index is 0.0600. The van der Waals surface area contributed by atoms with Crippen molar-refractivity contribution < 1.29 is 19.4 Å². The molecule has 1 aliphatic rings. The summed E-state index contributed by atoms with van der Waals surface area (Å²) in [6, 6.07) is 10.3. The molecule has 0 saturated heterocycles. The Morgan fingerprint density at radius 3 is 2.70 bits per heavy atom. The number of ketones is 1. The average Bonchev–Trinajstić information content (AvgIpc) is 3.07. The summed E-state index contributed by atoms with van der Waals surface area (Å²) >= 11 is 0. The Bertz CT molecular complexity index is 665. The highest BCUT2D eigenvalue weighted by Gasteiger charge is 2.33. The summed E-state index contributed by atoms with van der Waals surface area (Å²) in [5.74, 6) is 0.696. The normalized spacial score (nSPS) is 20.2. The molecule has 0 unspecified atom stereocenters. The molecular formula is C26H38O4. The summed E-state index contributed by atoms with van der Waals surface area (Å²) in [5.41, 5.74) is 1.26. The van der Waals surface area contributed by atoms with E-state index in [1.807, 2.05) is 32.0 Å². The number of hydrogen-bond donors (Lipinski definition) is 1. The smallest absolute Gasteiger partial charge is 0.306 e. The maximum atomic E-state index is 12.3. The molecule has 166 valence electrons. The van der Waals surface area contributed by atoms with E-state index >= 15 is 0 Å². The quantitative estimate of drug-likeness (QED) is 0.266. The first kappa shape index (κ1) is 24.3. The molecule has 0 spiro atoms. The van der Waals surface area contributed by atoms with Gasteiger partial charge in [0, 0.05) is 18.8 Å². The third-order valence-corrected chi connectivity index (χ3v) is 5.90. The van der Waals surface area contributed by atoms with Gasteiger partial charge in [-0.1, -0.05) is 42.5 Å². The zero-order chi connectivity index (χ0) is 21.8. The van der Waals surface area contributed by atoms with Crippen LogP contribution >= 0.6 is 0 Å². The number of ether oxygens (including phenoxy) is 1. The van der Waals surface area contributed by atoms with E-state index in [1.165, 1.54) is 5.56 Å². The molecule has 1 saturated carbocycles. The van der Waals surface area contributed by atoms with Crippen molar-refractivity contribution in [1.82, 2.24) is 0 Å². The number of carbonyl (C=O) groups is 2. The molecule has 30 heavy (non-hydrogen) atoms. The number of unbranched alkanes of at least 4 members (excludes halogenated alkanes) is 1. The van der Waals surface area contributed by atoms with Crippen molar-refractivity contribution in [2.24, 2.45) is 11.8 Å². The number of carbonyl (C=O) groups excluding carboxylic acids is 2. The van der Waals surface area contributed by atoms with Gasteiger partial charge in [0.2, 0.25) is 0 Å². The Hall–Kier alpha value is -1.94. The Morgan fingerprint density at radius 1 is 1.20 bits per heavy atom. The van der Waals surface area contributed by atoms with Crippen molar-refractivity contribution in [3.05, 3.63) is 48.0 Å². The standard InChI is InChI=1S/C26H38O4/c1-20(2)30-26(29)13-9-4-3-8-12-24-22(16-19-25(24)28)15-18-23(27)17-14-21-10-6-5-7-11-21/h3,5-8,10-11,20,22-24,27H,4,9,12-19H2,1-2H3/b8-3-/t22-,23-,24+/m0/s1. The number of rotatable bonds is 13. The lowest BCUT2D eigenvalue weighted by Gasteiger charge is -2.19. The monoisotopic (exact) mass is 414 g/mol. The van der Waals surface area contributed by atoms with Gasteiger partial charge < -0.3 is 9.84 Å². The molecule has 0 bridgehead atoms. The van der Waals surface area contributed by atoms with Crippen LogP contribution in [0.4, 0.5) is 0 Å². The first-order valence-corrected chi connectivity index (χ1v) is 11.5. The summed E-state index contributed by atoms with van der Waals surface area (Å²) in [7, 11) is 0.